The normalized spacial score (nSPS) is 14.9. The third-order valence-electron chi connectivity index (χ3n) is 5.70. The Kier molecular flexibility index (Phi) is 4.53. The summed E-state index contributed by atoms with van der Waals surface area (Å²) in [6.45, 7) is 4.11. The first-order chi connectivity index (χ1) is 16.1. The van der Waals surface area contributed by atoms with Crippen molar-refractivity contribution in [2.24, 2.45) is 0 Å². The van der Waals surface area contributed by atoms with Crippen molar-refractivity contribution < 1.29 is 4.79 Å². The number of carbonyl (C=O) groups excluding carboxylic acids is 1. The van der Waals surface area contributed by atoms with Crippen molar-refractivity contribution in [2.45, 2.75) is 0 Å². The van der Waals surface area contributed by atoms with Gasteiger partial charge in [-0.1, -0.05) is 75.8 Å². The van der Waals surface area contributed by atoms with Gasteiger partial charge in [-0.2, -0.15) is 9.50 Å². The third kappa shape index (κ3) is 2.98. The van der Waals surface area contributed by atoms with Crippen molar-refractivity contribution >= 4 is 60.2 Å². The molecule has 0 fully saturated rings. The van der Waals surface area contributed by atoms with E-state index in [2.05, 4.69) is 32.6 Å². The molecule has 3 heterocycles. The van der Waals surface area contributed by atoms with Crippen LogP contribution in [0.25, 0.3) is 32.7 Å². The zero-order chi connectivity index (χ0) is 22.7. The van der Waals surface area contributed by atoms with E-state index in [1.165, 1.54) is 15.9 Å². The van der Waals surface area contributed by atoms with Crippen molar-refractivity contribution in [3.05, 3.63) is 98.2 Å². The molecule has 5 aromatic rings. The van der Waals surface area contributed by atoms with Crippen molar-refractivity contribution in [3.63, 3.8) is 0 Å². The van der Waals surface area contributed by atoms with Crippen LogP contribution in [0.1, 0.15) is 5.56 Å². The van der Waals surface area contributed by atoms with Crippen LogP contribution in [0, 0.1) is 0 Å². The Balaban J connectivity index is 1.58. The Morgan fingerprint density at radius 2 is 1.85 bits per heavy atom. The molecule has 0 bridgehead atoms. The molecular weight excluding hydrogens is 500 g/mol. The van der Waals surface area contributed by atoms with Crippen molar-refractivity contribution in [1.29, 1.82) is 0 Å². The highest BCUT2D eigenvalue weighted by Crippen LogP contribution is 2.37. The molecule has 0 unspecified atom stereocenters. The van der Waals surface area contributed by atoms with Crippen LogP contribution in [0.5, 0.6) is 0 Å². The highest BCUT2D eigenvalue weighted by molar-refractivity contribution is 9.10. The average Bonchev–Trinajstić information content (AvgIpc) is 3.45. The van der Waals surface area contributed by atoms with Crippen molar-refractivity contribution in [1.82, 2.24) is 14.6 Å². The number of anilines is 1. The fraction of sp³-hybridized carbons (Fsp3) is 0.0400. The van der Waals surface area contributed by atoms with E-state index < -0.39 is 0 Å². The zero-order valence-electron chi connectivity index (χ0n) is 17.2. The van der Waals surface area contributed by atoms with Crippen LogP contribution in [0.15, 0.2) is 82.6 Å². The molecule has 6 rings (SSSR count). The monoisotopic (exact) mass is 514 g/mol. The van der Waals surface area contributed by atoms with Crippen LogP contribution in [0.2, 0.25) is 0 Å². The fourth-order valence-electron chi connectivity index (χ4n) is 4.25. The molecule has 1 amide bonds. The van der Waals surface area contributed by atoms with Gasteiger partial charge in [0.15, 0.2) is 5.82 Å². The third-order valence-corrected chi connectivity index (χ3v) is 7.23. The van der Waals surface area contributed by atoms with Gasteiger partial charge in [-0.3, -0.25) is 9.59 Å². The Bertz CT molecular complexity index is 1730. The SMILES string of the molecule is C=CCN1C(=O)/C(=c2\sc3nc(-c4cccc5ccccc45)nn3c2=O)c2cc(Br)ccc21. The predicted octanol–water partition coefficient (Wildman–Crippen LogP) is 4.18. The van der Waals surface area contributed by atoms with Crippen LogP contribution in [0.3, 0.4) is 0 Å². The topological polar surface area (TPSA) is 67.6 Å². The summed E-state index contributed by atoms with van der Waals surface area (Å²) in [5.74, 6) is 0.264. The number of thiazole rings is 1. The molecule has 6 nitrogen and oxygen atoms in total. The molecule has 1 aliphatic rings. The summed E-state index contributed by atoms with van der Waals surface area (Å²) < 4.78 is 2.47. The standard InChI is InChI=1S/C25H15BrN4O2S/c1-2-12-29-19-11-10-15(26)13-18(19)20(23(29)31)21-24(32)30-25(33-21)27-22(28-30)17-9-5-7-14-6-3-4-8-16(14)17/h2-11,13H,1,12H2/b21-20-. The van der Waals surface area contributed by atoms with Gasteiger partial charge in [0.25, 0.3) is 11.5 Å². The van der Waals surface area contributed by atoms with E-state index >= 15 is 0 Å². The van der Waals surface area contributed by atoms with E-state index in [9.17, 15) is 9.59 Å². The Hall–Kier alpha value is -3.62. The maximum Gasteiger partial charge on any atom is 0.291 e. The van der Waals surface area contributed by atoms with Gasteiger partial charge in [0.1, 0.15) is 4.53 Å². The van der Waals surface area contributed by atoms with E-state index in [1.54, 1.807) is 11.0 Å². The molecule has 160 valence electrons. The van der Waals surface area contributed by atoms with E-state index in [1.807, 2.05) is 60.7 Å². The Labute approximate surface area is 200 Å². The summed E-state index contributed by atoms with van der Waals surface area (Å²) in [6.07, 6.45) is 1.67. The van der Waals surface area contributed by atoms with E-state index in [4.69, 9.17) is 0 Å². The quantitative estimate of drug-likeness (QED) is 0.338. The molecule has 0 saturated heterocycles. The summed E-state index contributed by atoms with van der Waals surface area (Å²) in [4.78, 5) is 33.4. The van der Waals surface area contributed by atoms with Crippen molar-refractivity contribution in [3.8, 4) is 11.4 Å². The van der Waals surface area contributed by atoms with Gasteiger partial charge < -0.3 is 4.90 Å². The van der Waals surface area contributed by atoms with Gasteiger partial charge in [-0.15, -0.1) is 11.7 Å². The van der Waals surface area contributed by atoms with Crippen LogP contribution in [-0.4, -0.2) is 27.0 Å². The van der Waals surface area contributed by atoms with Crippen LogP contribution in [-0.2, 0) is 4.79 Å². The minimum Gasteiger partial charge on any atom is -0.304 e. The smallest absolute Gasteiger partial charge is 0.291 e. The maximum atomic E-state index is 13.4. The number of hydrogen-bond donors (Lipinski definition) is 0. The van der Waals surface area contributed by atoms with Crippen molar-refractivity contribution in [2.75, 3.05) is 11.4 Å². The predicted molar refractivity (Wildman–Crippen MR) is 134 cm³/mol. The summed E-state index contributed by atoms with van der Waals surface area (Å²) in [6, 6.07) is 19.5. The number of amides is 1. The molecule has 0 radical (unpaired) electrons. The van der Waals surface area contributed by atoms with Gasteiger partial charge in [-0.25, -0.2) is 0 Å². The van der Waals surface area contributed by atoms with Crippen LogP contribution in [0.4, 0.5) is 5.69 Å². The Morgan fingerprint density at radius 1 is 1.03 bits per heavy atom. The number of nitrogens with zero attached hydrogens (tertiary/aromatic N) is 4. The molecule has 0 atom stereocenters. The molecule has 0 saturated carbocycles. The molecule has 0 spiro atoms. The zero-order valence-corrected chi connectivity index (χ0v) is 19.6. The lowest BCUT2D eigenvalue weighted by Gasteiger charge is -2.14. The fourth-order valence-corrected chi connectivity index (χ4v) is 5.61. The summed E-state index contributed by atoms with van der Waals surface area (Å²) in [5, 5.41) is 6.61. The van der Waals surface area contributed by atoms with Crippen LogP contribution < -0.4 is 15.0 Å². The minimum atomic E-state index is -0.344. The number of halogens is 1. The van der Waals surface area contributed by atoms with Gasteiger partial charge in [0, 0.05) is 22.1 Å². The number of aromatic nitrogens is 3. The number of rotatable bonds is 3. The summed E-state index contributed by atoms with van der Waals surface area (Å²) in [5.41, 5.74) is 2.37. The maximum absolute atomic E-state index is 13.4. The Morgan fingerprint density at radius 3 is 2.67 bits per heavy atom. The van der Waals surface area contributed by atoms with Crippen LogP contribution >= 0.6 is 27.3 Å². The molecule has 8 heteroatoms. The second-order valence-electron chi connectivity index (χ2n) is 7.63. The second-order valence-corrected chi connectivity index (χ2v) is 9.53. The first-order valence-electron chi connectivity index (χ1n) is 10.2. The highest BCUT2D eigenvalue weighted by atomic mass is 79.9. The van der Waals surface area contributed by atoms with E-state index in [0.29, 0.717) is 33.0 Å². The number of fused-ring (bicyclic) bond motifs is 3. The van der Waals surface area contributed by atoms with Gasteiger partial charge in [0.05, 0.1) is 11.3 Å². The lowest BCUT2D eigenvalue weighted by molar-refractivity contribution is -0.112. The van der Waals surface area contributed by atoms with Gasteiger partial charge in [-0.05, 0) is 29.0 Å². The largest absolute Gasteiger partial charge is 0.304 e. The molecular formula is C25H15BrN4O2S. The summed E-state index contributed by atoms with van der Waals surface area (Å²) in [7, 11) is 0. The lowest BCUT2D eigenvalue weighted by Crippen LogP contribution is -2.32. The van der Waals surface area contributed by atoms with Gasteiger partial charge >= 0.3 is 0 Å². The molecule has 1 aliphatic heterocycles. The number of carbonyl (C=O) groups is 1. The van der Waals surface area contributed by atoms with E-state index in [0.717, 1.165) is 26.5 Å². The molecule has 3 aromatic carbocycles. The summed E-state index contributed by atoms with van der Waals surface area (Å²) >= 11 is 4.66. The number of hydrogen-bond acceptors (Lipinski definition) is 5. The highest BCUT2D eigenvalue weighted by Gasteiger charge is 2.34. The molecule has 33 heavy (non-hydrogen) atoms. The first-order valence-corrected chi connectivity index (χ1v) is 11.8. The molecule has 0 N–H and O–H groups in total. The van der Waals surface area contributed by atoms with E-state index in [-0.39, 0.29) is 11.5 Å². The average molecular weight is 515 g/mol. The molecule has 2 aromatic heterocycles. The molecule has 0 aliphatic carbocycles. The first kappa shape index (κ1) is 20.0. The second kappa shape index (κ2) is 7.47. The lowest BCUT2D eigenvalue weighted by atomic mass is 10.0. The van der Waals surface area contributed by atoms with Gasteiger partial charge in [0.2, 0.25) is 4.96 Å². The minimum absolute atomic E-state index is 0.223. The number of benzene rings is 3.